The topological polar surface area (TPSA) is 137 Å². The molecule has 1 rings (SSSR count). The molecule has 0 saturated carbocycles. The van der Waals surface area contributed by atoms with Crippen molar-refractivity contribution in [2.24, 2.45) is 5.92 Å². The summed E-state index contributed by atoms with van der Waals surface area (Å²) >= 11 is 0. The Morgan fingerprint density at radius 1 is 0.455 bits per heavy atom. The lowest BCUT2D eigenvalue weighted by molar-refractivity contribution is -0.287. The summed E-state index contributed by atoms with van der Waals surface area (Å²) in [6.45, 7) is 4.17. The zero-order chi connectivity index (χ0) is 40.2. The van der Waals surface area contributed by atoms with Crippen molar-refractivity contribution in [2.45, 2.75) is 282 Å². The molecule has 0 bridgehead atoms. The van der Waals surface area contributed by atoms with Gasteiger partial charge in [0.1, 0.15) is 31.0 Å². The van der Waals surface area contributed by atoms with Gasteiger partial charge in [-0.2, -0.15) is 0 Å². The van der Waals surface area contributed by atoms with Crippen LogP contribution in [-0.4, -0.2) is 74.9 Å². The summed E-state index contributed by atoms with van der Waals surface area (Å²) in [5.41, 5.74) is 0. The van der Waals surface area contributed by atoms with Gasteiger partial charge >= 0.3 is 5.97 Å². The van der Waals surface area contributed by atoms with Crippen LogP contribution < -0.4 is 0 Å². The maximum atomic E-state index is 13.2. The van der Waals surface area contributed by atoms with Crippen LogP contribution in [0.2, 0.25) is 0 Å². The minimum absolute atomic E-state index is 0.373. The fraction of sp³-hybridized carbons (Fsp3) is 0.979. The van der Waals surface area contributed by atoms with Gasteiger partial charge in [-0.1, -0.05) is 232 Å². The molecule has 8 nitrogen and oxygen atoms in total. The molecule has 1 aliphatic heterocycles. The second kappa shape index (κ2) is 37.5. The van der Waals surface area contributed by atoms with E-state index in [4.69, 9.17) is 9.47 Å². The molecule has 5 N–H and O–H groups in total. The van der Waals surface area contributed by atoms with Crippen molar-refractivity contribution < 1.29 is 39.8 Å². The Balaban J connectivity index is 2.24. The van der Waals surface area contributed by atoms with Crippen LogP contribution >= 0.6 is 0 Å². The first-order valence-corrected chi connectivity index (χ1v) is 24.1. The predicted molar refractivity (Wildman–Crippen MR) is 227 cm³/mol. The highest BCUT2D eigenvalue weighted by molar-refractivity contribution is 5.73. The van der Waals surface area contributed by atoms with Crippen molar-refractivity contribution in [1.82, 2.24) is 0 Å². The monoisotopic (exact) mass is 785 g/mol. The van der Waals surface area contributed by atoms with Crippen molar-refractivity contribution in [3.8, 4) is 0 Å². The van der Waals surface area contributed by atoms with Crippen molar-refractivity contribution >= 4 is 5.97 Å². The van der Waals surface area contributed by atoms with E-state index < -0.39 is 48.7 Å². The van der Waals surface area contributed by atoms with E-state index in [9.17, 15) is 30.3 Å². The fourth-order valence-corrected chi connectivity index (χ4v) is 8.18. The van der Waals surface area contributed by atoms with E-state index in [0.29, 0.717) is 12.8 Å². The molecule has 0 aliphatic carbocycles. The molecular weight excluding hydrogens is 693 g/mol. The molecule has 1 fully saturated rings. The molecule has 1 aliphatic rings. The number of carbonyl (C=O) groups excluding carboxylic acids is 1. The summed E-state index contributed by atoms with van der Waals surface area (Å²) in [6.07, 6.45) is 36.6. The number of hydrogen-bond donors (Lipinski definition) is 5. The van der Waals surface area contributed by atoms with Crippen LogP contribution in [-0.2, 0) is 14.3 Å². The quantitative estimate of drug-likeness (QED) is 0.0306. The van der Waals surface area contributed by atoms with E-state index in [0.717, 1.165) is 38.5 Å². The minimum Gasteiger partial charge on any atom is -0.463 e. The van der Waals surface area contributed by atoms with E-state index in [1.54, 1.807) is 0 Å². The molecule has 8 heteroatoms. The highest BCUT2D eigenvalue weighted by Crippen LogP contribution is 2.25. The van der Waals surface area contributed by atoms with Crippen LogP contribution in [0.15, 0.2) is 0 Å². The van der Waals surface area contributed by atoms with Crippen LogP contribution in [0, 0.1) is 5.92 Å². The third-order valence-corrected chi connectivity index (χ3v) is 12.1. The van der Waals surface area contributed by atoms with E-state index in [1.165, 1.54) is 180 Å². The van der Waals surface area contributed by atoms with Gasteiger partial charge in [-0.25, -0.2) is 0 Å². The van der Waals surface area contributed by atoms with E-state index >= 15 is 0 Å². The second-order valence-corrected chi connectivity index (χ2v) is 17.2. The van der Waals surface area contributed by atoms with Gasteiger partial charge in [0.15, 0.2) is 6.29 Å². The van der Waals surface area contributed by atoms with E-state index in [-0.39, 0.29) is 6.61 Å². The number of hydrogen-bond acceptors (Lipinski definition) is 8. The number of aliphatic hydroxyl groups excluding tert-OH is 5. The fourth-order valence-electron chi connectivity index (χ4n) is 8.18. The zero-order valence-electron chi connectivity index (χ0n) is 36.2. The summed E-state index contributed by atoms with van der Waals surface area (Å²) in [6, 6.07) is 0. The lowest BCUT2D eigenvalue weighted by Gasteiger charge is -2.38. The molecule has 0 radical (unpaired) electrons. The number of esters is 1. The number of carbonyl (C=O) groups is 1. The maximum absolute atomic E-state index is 13.2. The molecule has 0 aromatic carbocycles. The summed E-state index contributed by atoms with van der Waals surface area (Å²) in [5, 5.41) is 51.0. The predicted octanol–water partition coefficient (Wildman–Crippen LogP) is 11.4. The van der Waals surface area contributed by atoms with Gasteiger partial charge in [0.25, 0.3) is 0 Å². The first-order chi connectivity index (χ1) is 26.8. The molecule has 1 unspecified atom stereocenters. The molecule has 0 amide bonds. The first kappa shape index (κ1) is 52.2. The SMILES string of the molecule is CCCCCCCCCCCCCCCCCCCCCCC[C@@H](C(=O)OC[C@H]1OC(O)[C@H](O)[C@@H](O)[C@@H]1O)[C@H](O)CCCCCCCCCCCCCCC. The maximum Gasteiger partial charge on any atom is 0.311 e. The summed E-state index contributed by atoms with van der Waals surface area (Å²) in [5.74, 6) is -1.21. The van der Waals surface area contributed by atoms with Gasteiger partial charge in [-0.3, -0.25) is 4.79 Å². The molecule has 0 aromatic heterocycles. The van der Waals surface area contributed by atoms with Crippen LogP contribution in [0.25, 0.3) is 0 Å². The lowest BCUT2D eigenvalue weighted by Crippen LogP contribution is -2.58. The summed E-state index contributed by atoms with van der Waals surface area (Å²) < 4.78 is 10.7. The molecule has 7 atom stereocenters. The van der Waals surface area contributed by atoms with Crippen molar-refractivity contribution in [1.29, 1.82) is 0 Å². The van der Waals surface area contributed by atoms with Crippen molar-refractivity contribution in [2.75, 3.05) is 6.61 Å². The Morgan fingerprint density at radius 2 is 0.764 bits per heavy atom. The van der Waals surface area contributed by atoms with E-state index in [2.05, 4.69) is 13.8 Å². The smallest absolute Gasteiger partial charge is 0.311 e. The Morgan fingerprint density at radius 3 is 1.11 bits per heavy atom. The van der Waals surface area contributed by atoms with Crippen LogP contribution in [0.3, 0.4) is 0 Å². The number of unbranched alkanes of at least 4 members (excludes halogenated alkanes) is 32. The summed E-state index contributed by atoms with van der Waals surface area (Å²) in [7, 11) is 0. The highest BCUT2D eigenvalue weighted by Gasteiger charge is 2.43. The average Bonchev–Trinajstić information content (AvgIpc) is 3.18. The average molecular weight is 785 g/mol. The summed E-state index contributed by atoms with van der Waals surface area (Å²) in [4.78, 5) is 13.2. The molecule has 55 heavy (non-hydrogen) atoms. The number of aliphatic hydroxyl groups is 5. The van der Waals surface area contributed by atoms with E-state index in [1.807, 2.05) is 0 Å². The largest absolute Gasteiger partial charge is 0.463 e. The Labute approximate surface area is 339 Å². The van der Waals surface area contributed by atoms with Crippen molar-refractivity contribution in [3.63, 3.8) is 0 Å². The van der Waals surface area contributed by atoms with Crippen LogP contribution in [0.4, 0.5) is 0 Å². The Kier molecular flexibility index (Phi) is 35.6. The molecule has 0 spiro atoms. The van der Waals surface area contributed by atoms with Gasteiger partial charge in [-0.05, 0) is 12.8 Å². The van der Waals surface area contributed by atoms with Gasteiger partial charge in [0.2, 0.25) is 0 Å². The van der Waals surface area contributed by atoms with Gasteiger partial charge in [-0.15, -0.1) is 0 Å². The first-order valence-electron chi connectivity index (χ1n) is 24.1. The molecular formula is C47H92O8. The van der Waals surface area contributed by atoms with Crippen LogP contribution in [0.5, 0.6) is 0 Å². The third kappa shape index (κ3) is 28.3. The number of rotatable bonds is 40. The minimum atomic E-state index is -1.68. The van der Waals surface area contributed by atoms with Crippen molar-refractivity contribution in [3.05, 3.63) is 0 Å². The van der Waals surface area contributed by atoms with Gasteiger partial charge in [0, 0.05) is 0 Å². The van der Waals surface area contributed by atoms with Gasteiger partial charge in [0.05, 0.1) is 12.0 Å². The lowest BCUT2D eigenvalue weighted by atomic mass is 9.91. The third-order valence-electron chi connectivity index (χ3n) is 12.1. The molecule has 1 saturated heterocycles. The standard InChI is InChI=1S/C47H92O8/c1-3-5-7-9-11-13-15-17-18-19-20-21-22-23-24-26-27-29-31-33-35-37-40(46(52)54-39-42-43(49)44(50)45(51)47(53)55-42)41(48)38-36-34-32-30-28-25-16-14-12-10-8-6-4-2/h40-45,47-51,53H,3-39H2,1-2H3/t40-,41-,42-,43-,44+,45-,47?/m1/s1. The highest BCUT2D eigenvalue weighted by atomic mass is 16.6. The zero-order valence-corrected chi connectivity index (χ0v) is 36.2. The van der Waals surface area contributed by atoms with Gasteiger partial charge < -0.3 is 35.0 Å². The molecule has 0 aromatic rings. The second-order valence-electron chi connectivity index (χ2n) is 17.2. The molecule has 1 heterocycles. The van der Waals surface area contributed by atoms with Crippen LogP contribution in [0.1, 0.15) is 245 Å². The molecule has 328 valence electrons. The Hall–Kier alpha value is -0.770. The number of ether oxygens (including phenoxy) is 2. The Bertz CT molecular complexity index is 827. The normalized spacial score (nSPS) is 21.2.